The van der Waals surface area contributed by atoms with Gasteiger partial charge in [-0.2, -0.15) is 5.10 Å². The number of aromatic nitrogens is 2. The highest BCUT2D eigenvalue weighted by Gasteiger charge is 2.04. The van der Waals surface area contributed by atoms with E-state index in [1.807, 2.05) is 6.08 Å². The largest absolute Gasteiger partial charge is 0.380 e. The first kappa shape index (κ1) is 14.9. The van der Waals surface area contributed by atoms with Gasteiger partial charge in [0, 0.05) is 19.6 Å². The van der Waals surface area contributed by atoms with Gasteiger partial charge in [0.05, 0.1) is 24.6 Å². The molecule has 102 valence electrons. The van der Waals surface area contributed by atoms with Gasteiger partial charge in [-0.1, -0.05) is 13.0 Å². The van der Waals surface area contributed by atoms with Crippen molar-refractivity contribution in [1.82, 2.24) is 15.1 Å². The van der Waals surface area contributed by atoms with Gasteiger partial charge in [-0.15, -0.1) is 6.58 Å². The molecular weight excluding hydrogens is 226 g/mol. The van der Waals surface area contributed by atoms with Gasteiger partial charge >= 0.3 is 0 Å². The molecule has 0 aliphatic heterocycles. The lowest BCUT2D eigenvalue weighted by Gasteiger charge is -2.07. The first-order valence-corrected chi connectivity index (χ1v) is 6.76. The molecule has 0 saturated heterocycles. The average molecular weight is 251 g/mol. The lowest BCUT2D eigenvalue weighted by Crippen LogP contribution is -2.21. The van der Waals surface area contributed by atoms with Crippen LogP contribution in [0.4, 0.5) is 0 Å². The SMILES string of the molecule is C=CCCOCCNCc1cc(CC)nn1CC. The molecule has 4 heteroatoms. The van der Waals surface area contributed by atoms with Crippen LogP contribution >= 0.6 is 0 Å². The Hall–Kier alpha value is -1.13. The Morgan fingerprint density at radius 2 is 2.28 bits per heavy atom. The van der Waals surface area contributed by atoms with Crippen LogP contribution in [0, 0.1) is 0 Å². The first-order chi connectivity index (χ1) is 8.81. The van der Waals surface area contributed by atoms with Crippen LogP contribution in [0.2, 0.25) is 0 Å². The van der Waals surface area contributed by atoms with E-state index in [1.165, 1.54) is 5.69 Å². The second-order valence-electron chi connectivity index (χ2n) is 4.16. The number of aryl methyl sites for hydroxylation is 2. The van der Waals surface area contributed by atoms with Crippen molar-refractivity contribution in [3.05, 3.63) is 30.1 Å². The van der Waals surface area contributed by atoms with E-state index < -0.39 is 0 Å². The maximum Gasteiger partial charge on any atom is 0.0625 e. The minimum atomic E-state index is 0.745. The zero-order valence-electron chi connectivity index (χ0n) is 11.6. The maximum absolute atomic E-state index is 5.44. The fourth-order valence-corrected chi connectivity index (χ4v) is 1.73. The summed E-state index contributed by atoms with van der Waals surface area (Å²) in [4.78, 5) is 0. The normalized spacial score (nSPS) is 10.8. The molecule has 1 aromatic rings. The topological polar surface area (TPSA) is 39.1 Å². The lowest BCUT2D eigenvalue weighted by molar-refractivity contribution is 0.140. The van der Waals surface area contributed by atoms with Crippen LogP contribution in [0.1, 0.15) is 31.7 Å². The van der Waals surface area contributed by atoms with Crippen LogP contribution in [0.3, 0.4) is 0 Å². The van der Waals surface area contributed by atoms with Gasteiger partial charge in [0.1, 0.15) is 0 Å². The summed E-state index contributed by atoms with van der Waals surface area (Å²) >= 11 is 0. The minimum absolute atomic E-state index is 0.745. The quantitative estimate of drug-likeness (QED) is 0.511. The zero-order chi connectivity index (χ0) is 13.2. The van der Waals surface area contributed by atoms with Crippen LogP contribution in [-0.2, 0) is 24.2 Å². The molecule has 4 nitrogen and oxygen atoms in total. The van der Waals surface area contributed by atoms with E-state index >= 15 is 0 Å². The average Bonchev–Trinajstić information content (AvgIpc) is 2.80. The number of nitrogens with zero attached hydrogens (tertiary/aromatic N) is 2. The van der Waals surface area contributed by atoms with Crippen LogP contribution in [0.5, 0.6) is 0 Å². The molecule has 0 fully saturated rings. The van der Waals surface area contributed by atoms with Crippen molar-refractivity contribution in [1.29, 1.82) is 0 Å². The fraction of sp³-hybridized carbons (Fsp3) is 0.643. The predicted octanol–water partition coefficient (Wildman–Crippen LogP) is 2.15. The Morgan fingerprint density at radius 1 is 1.44 bits per heavy atom. The van der Waals surface area contributed by atoms with Gasteiger partial charge < -0.3 is 10.1 Å². The Balaban J connectivity index is 2.22. The molecule has 0 atom stereocenters. The Labute approximate surface area is 110 Å². The number of rotatable bonds is 10. The monoisotopic (exact) mass is 251 g/mol. The van der Waals surface area contributed by atoms with E-state index in [9.17, 15) is 0 Å². The third-order valence-electron chi connectivity index (χ3n) is 2.77. The molecule has 0 radical (unpaired) electrons. The van der Waals surface area contributed by atoms with Gasteiger partial charge in [-0.25, -0.2) is 0 Å². The summed E-state index contributed by atoms with van der Waals surface area (Å²) < 4.78 is 7.50. The number of nitrogens with one attached hydrogen (secondary N) is 1. The summed E-state index contributed by atoms with van der Waals surface area (Å²) in [6.07, 6.45) is 3.78. The van der Waals surface area contributed by atoms with Gasteiger partial charge in [0.15, 0.2) is 0 Å². The molecule has 0 aliphatic rings. The van der Waals surface area contributed by atoms with E-state index in [0.29, 0.717) is 0 Å². The van der Waals surface area contributed by atoms with Crippen LogP contribution in [0.25, 0.3) is 0 Å². The van der Waals surface area contributed by atoms with Gasteiger partial charge in [0.25, 0.3) is 0 Å². The van der Waals surface area contributed by atoms with Crippen molar-refractivity contribution in [2.45, 2.75) is 39.8 Å². The van der Waals surface area contributed by atoms with E-state index in [-0.39, 0.29) is 0 Å². The Bertz CT molecular complexity index is 347. The number of hydrogen-bond acceptors (Lipinski definition) is 3. The summed E-state index contributed by atoms with van der Waals surface area (Å²) in [5, 5.41) is 7.90. The molecule has 0 aliphatic carbocycles. The molecule has 0 spiro atoms. The molecule has 0 aromatic carbocycles. The standard InChI is InChI=1S/C14H25N3O/c1-4-7-9-18-10-8-15-12-14-11-13(5-2)16-17(14)6-3/h4,11,15H,1,5-10,12H2,2-3H3. The number of ether oxygens (including phenoxy) is 1. The Morgan fingerprint density at radius 3 is 2.94 bits per heavy atom. The molecule has 18 heavy (non-hydrogen) atoms. The highest BCUT2D eigenvalue weighted by molar-refractivity contribution is 5.10. The highest BCUT2D eigenvalue weighted by Crippen LogP contribution is 2.05. The van der Waals surface area contributed by atoms with Crippen molar-refractivity contribution < 1.29 is 4.74 Å². The van der Waals surface area contributed by atoms with Gasteiger partial charge in [0.2, 0.25) is 0 Å². The molecular formula is C14H25N3O. The van der Waals surface area contributed by atoms with Gasteiger partial charge in [-0.05, 0) is 25.8 Å². The minimum Gasteiger partial charge on any atom is -0.380 e. The van der Waals surface area contributed by atoms with Crippen molar-refractivity contribution in [2.24, 2.45) is 0 Å². The van der Waals surface area contributed by atoms with Crippen molar-refractivity contribution in [3.8, 4) is 0 Å². The molecule has 0 saturated carbocycles. The van der Waals surface area contributed by atoms with Gasteiger partial charge in [-0.3, -0.25) is 4.68 Å². The summed E-state index contributed by atoms with van der Waals surface area (Å²) in [6, 6.07) is 2.18. The summed E-state index contributed by atoms with van der Waals surface area (Å²) in [7, 11) is 0. The van der Waals surface area contributed by atoms with E-state index in [1.54, 1.807) is 0 Å². The van der Waals surface area contributed by atoms with E-state index in [2.05, 4.69) is 41.6 Å². The molecule has 1 heterocycles. The molecule has 1 N–H and O–H groups in total. The molecule has 0 unspecified atom stereocenters. The summed E-state index contributed by atoms with van der Waals surface area (Å²) in [5.41, 5.74) is 2.41. The maximum atomic E-state index is 5.44. The van der Waals surface area contributed by atoms with E-state index in [0.717, 1.165) is 51.4 Å². The predicted molar refractivity (Wildman–Crippen MR) is 74.6 cm³/mol. The Kier molecular flexibility index (Phi) is 7.37. The summed E-state index contributed by atoms with van der Waals surface area (Å²) in [5.74, 6) is 0. The van der Waals surface area contributed by atoms with Crippen molar-refractivity contribution in [2.75, 3.05) is 19.8 Å². The fourth-order valence-electron chi connectivity index (χ4n) is 1.73. The first-order valence-electron chi connectivity index (χ1n) is 6.76. The smallest absolute Gasteiger partial charge is 0.0625 e. The van der Waals surface area contributed by atoms with Crippen LogP contribution in [0.15, 0.2) is 18.7 Å². The lowest BCUT2D eigenvalue weighted by atomic mass is 10.3. The molecule has 0 bridgehead atoms. The van der Waals surface area contributed by atoms with Crippen molar-refractivity contribution in [3.63, 3.8) is 0 Å². The summed E-state index contributed by atoms with van der Waals surface area (Å²) in [6.45, 7) is 12.1. The van der Waals surface area contributed by atoms with Crippen LogP contribution in [-0.4, -0.2) is 29.5 Å². The molecule has 1 rings (SSSR count). The number of hydrogen-bond donors (Lipinski definition) is 1. The van der Waals surface area contributed by atoms with E-state index in [4.69, 9.17) is 4.74 Å². The highest BCUT2D eigenvalue weighted by atomic mass is 16.5. The zero-order valence-corrected chi connectivity index (χ0v) is 11.6. The second-order valence-corrected chi connectivity index (χ2v) is 4.16. The molecule has 0 amide bonds. The second kappa shape index (κ2) is 8.89. The van der Waals surface area contributed by atoms with Crippen LogP contribution < -0.4 is 5.32 Å². The molecule has 1 aromatic heterocycles. The van der Waals surface area contributed by atoms with Crippen molar-refractivity contribution >= 4 is 0 Å². The third-order valence-corrected chi connectivity index (χ3v) is 2.77. The third kappa shape index (κ3) is 5.02.